The Bertz CT molecular complexity index is 507. The Morgan fingerprint density at radius 1 is 1.39 bits per heavy atom. The predicted molar refractivity (Wildman–Crippen MR) is 66.6 cm³/mol. The molecule has 0 aliphatic heterocycles. The van der Waals surface area contributed by atoms with E-state index in [0.717, 1.165) is 6.42 Å². The fourth-order valence-electron chi connectivity index (χ4n) is 1.66. The zero-order valence-electron chi connectivity index (χ0n) is 10.6. The lowest BCUT2D eigenvalue weighted by Gasteiger charge is -2.07. The fourth-order valence-corrected chi connectivity index (χ4v) is 1.66. The van der Waals surface area contributed by atoms with Gasteiger partial charge in [-0.1, -0.05) is 18.5 Å². The summed E-state index contributed by atoms with van der Waals surface area (Å²) in [4.78, 5) is 12.6. The van der Waals surface area contributed by atoms with Crippen LogP contribution in [0.3, 0.4) is 0 Å². The van der Waals surface area contributed by atoms with Gasteiger partial charge in [0.1, 0.15) is 11.5 Å². The monoisotopic (exact) mass is 247 g/mol. The van der Waals surface area contributed by atoms with Gasteiger partial charge in [0, 0.05) is 12.6 Å². The number of rotatable bonds is 5. The minimum absolute atomic E-state index is 0.380. The van der Waals surface area contributed by atoms with Crippen LogP contribution in [0.2, 0.25) is 0 Å². The van der Waals surface area contributed by atoms with Crippen molar-refractivity contribution in [2.45, 2.75) is 26.7 Å². The maximum absolute atomic E-state index is 5.66. The van der Waals surface area contributed by atoms with Crippen molar-refractivity contribution in [2.75, 3.05) is 6.54 Å². The van der Waals surface area contributed by atoms with Crippen LogP contribution in [0.4, 0.5) is 0 Å². The molecule has 0 fully saturated rings. The Morgan fingerprint density at radius 3 is 2.89 bits per heavy atom. The second-order valence-corrected chi connectivity index (χ2v) is 4.21. The molecule has 2 N–H and O–H groups in total. The van der Waals surface area contributed by atoms with Gasteiger partial charge < -0.3 is 10.3 Å². The Balaban J connectivity index is 2.15. The largest absolute Gasteiger partial charge is 0.339 e. The number of hydrogen-bond donors (Lipinski definition) is 1. The van der Waals surface area contributed by atoms with Crippen LogP contribution in [0.15, 0.2) is 16.8 Å². The zero-order valence-corrected chi connectivity index (χ0v) is 10.6. The van der Waals surface area contributed by atoms with Gasteiger partial charge in [0.05, 0.1) is 0 Å². The Kier molecular flexibility index (Phi) is 3.99. The van der Waals surface area contributed by atoms with Crippen molar-refractivity contribution in [1.82, 2.24) is 20.1 Å². The van der Waals surface area contributed by atoms with E-state index in [2.05, 4.69) is 27.0 Å². The van der Waals surface area contributed by atoms with Gasteiger partial charge in [-0.05, 0) is 25.5 Å². The van der Waals surface area contributed by atoms with E-state index in [1.807, 2.05) is 6.92 Å². The molecule has 1 unspecified atom stereocenters. The first-order chi connectivity index (χ1) is 8.72. The third-order valence-corrected chi connectivity index (χ3v) is 2.85. The Morgan fingerprint density at radius 2 is 2.22 bits per heavy atom. The number of aryl methyl sites for hydroxylation is 1. The van der Waals surface area contributed by atoms with Gasteiger partial charge in [-0.15, -0.1) is 0 Å². The summed E-state index contributed by atoms with van der Waals surface area (Å²) in [6, 6.07) is 1.77. The summed E-state index contributed by atoms with van der Waals surface area (Å²) in [5.74, 6) is 2.18. The van der Waals surface area contributed by atoms with Crippen LogP contribution < -0.4 is 5.73 Å². The third-order valence-electron chi connectivity index (χ3n) is 2.85. The molecule has 0 bridgehead atoms. The predicted octanol–water partition coefficient (Wildman–Crippen LogP) is 1.36. The van der Waals surface area contributed by atoms with Crippen LogP contribution >= 0.6 is 0 Å². The molecular weight excluding hydrogens is 230 g/mol. The molecule has 0 aliphatic carbocycles. The molecule has 0 spiro atoms. The van der Waals surface area contributed by atoms with Crippen LogP contribution in [0, 0.1) is 12.8 Å². The first-order valence-corrected chi connectivity index (χ1v) is 6.05. The van der Waals surface area contributed by atoms with E-state index in [4.69, 9.17) is 10.3 Å². The van der Waals surface area contributed by atoms with E-state index in [0.29, 0.717) is 42.1 Å². The van der Waals surface area contributed by atoms with Gasteiger partial charge in [-0.2, -0.15) is 4.98 Å². The highest BCUT2D eigenvalue weighted by Crippen LogP contribution is 2.15. The Labute approximate surface area is 106 Å². The van der Waals surface area contributed by atoms with Gasteiger partial charge in [0.2, 0.25) is 11.7 Å². The smallest absolute Gasteiger partial charge is 0.227 e. The van der Waals surface area contributed by atoms with Crippen molar-refractivity contribution in [3.05, 3.63) is 24.0 Å². The lowest BCUT2D eigenvalue weighted by atomic mass is 10.0. The SMILES string of the molecule is CCC(CN)Cc1nc(-c2ccnc(C)n2)no1. The van der Waals surface area contributed by atoms with E-state index in [1.165, 1.54) is 0 Å². The lowest BCUT2D eigenvalue weighted by Crippen LogP contribution is -2.15. The summed E-state index contributed by atoms with van der Waals surface area (Å²) in [5.41, 5.74) is 6.34. The van der Waals surface area contributed by atoms with Crippen LogP contribution in [0.5, 0.6) is 0 Å². The summed E-state index contributed by atoms with van der Waals surface area (Å²) >= 11 is 0. The molecule has 2 heterocycles. The van der Waals surface area contributed by atoms with Crippen molar-refractivity contribution < 1.29 is 4.52 Å². The molecule has 2 aromatic heterocycles. The Hall–Kier alpha value is -1.82. The average Bonchev–Trinajstić information content (AvgIpc) is 2.84. The van der Waals surface area contributed by atoms with Crippen molar-refractivity contribution in [1.29, 1.82) is 0 Å². The fraction of sp³-hybridized carbons (Fsp3) is 0.500. The van der Waals surface area contributed by atoms with Gasteiger partial charge >= 0.3 is 0 Å². The van der Waals surface area contributed by atoms with E-state index >= 15 is 0 Å². The lowest BCUT2D eigenvalue weighted by molar-refractivity contribution is 0.350. The topological polar surface area (TPSA) is 90.7 Å². The van der Waals surface area contributed by atoms with Crippen molar-refractivity contribution >= 4 is 0 Å². The number of nitrogens with two attached hydrogens (primary N) is 1. The summed E-state index contributed by atoms with van der Waals surface area (Å²) < 4.78 is 5.22. The highest BCUT2D eigenvalue weighted by Gasteiger charge is 2.13. The molecule has 0 saturated carbocycles. The molecule has 0 aromatic carbocycles. The zero-order chi connectivity index (χ0) is 13.0. The molecule has 0 amide bonds. The van der Waals surface area contributed by atoms with Crippen molar-refractivity contribution in [3.8, 4) is 11.5 Å². The average molecular weight is 247 g/mol. The summed E-state index contributed by atoms with van der Waals surface area (Å²) in [7, 11) is 0. The maximum Gasteiger partial charge on any atom is 0.227 e. The third kappa shape index (κ3) is 2.89. The quantitative estimate of drug-likeness (QED) is 0.857. The molecular formula is C12H17N5O. The highest BCUT2D eigenvalue weighted by molar-refractivity contribution is 5.46. The molecule has 6 nitrogen and oxygen atoms in total. The second-order valence-electron chi connectivity index (χ2n) is 4.21. The summed E-state index contributed by atoms with van der Waals surface area (Å²) in [5, 5.41) is 3.93. The number of aromatic nitrogens is 4. The summed E-state index contributed by atoms with van der Waals surface area (Å²) in [6.07, 6.45) is 3.40. The normalized spacial score (nSPS) is 12.6. The van der Waals surface area contributed by atoms with Gasteiger partial charge in [-0.3, -0.25) is 0 Å². The van der Waals surface area contributed by atoms with Crippen LogP contribution in [-0.2, 0) is 6.42 Å². The van der Waals surface area contributed by atoms with Crippen LogP contribution in [0.1, 0.15) is 25.1 Å². The highest BCUT2D eigenvalue weighted by atomic mass is 16.5. The maximum atomic E-state index is 5.66. The van der Waals surface area contributed by atoms with Crippen LogP contribution in [-0.4, -0.2) is 26.7 Å². The van der Waals surface area contributed by atoms with E-state index in [9.17, 15) is 0 Å². The van der Waals surface area contributed by atoms with E-state index in [-0.39, 0.29) is 0 Å². The second kappa shape index (κ2) is 5.68. The molecule has 1 atom stereocenters. The van der Waals surface area contributed by atoms with Gasteiger partial charge in [-0.25, -0.2) is 9.97 Å². The van der Waals surface area contributed by atoms with Gasteiger partial charge in [0.15, 0.2) is 0 Å². The van der Waals surface area contributed by atoms with E-state index in [1.54, 1.807) is 12.3 Å². The number of hydrogen-bond acceptors (Lipinski definition) is 6. The van der Waals surface area contributed by atoms with Gasteiger partial charge in [0.25, 0.3) is 0 Å². The first-order valence-electron chi connectivity index (χ1n) is 6.05. The van der Waals surface area contributed by atoms with Crippen LogP contribution in [0.25, 0.3) is 11.5 Å². The molecule has 2 aromatic rings. The molecule has 0 aliphatic rings. The standard InChI is InChI=1S/C12H17N5O/c1-3-9(7-13)6-11-16-12(17-18-11)10-4-5-14-8(2)15-10/h4-5,9H,3,6-7,13H2,1-2H3. The molecule has 2 rings (SSSR count). The molecule has 6 heteroatoms. The molecule has 0 saturated heterocycles. The molecule has 0 radical (unpaired) electrons. The molecule has 18 heavy (non-hydrogen) atoms. The van der Waals surface area contributed by atoms with Crippen molar-refractivity contribution in [3.63, 3.8) is 0 Å². The van der Waals surface area contributed by atoms with Crippen molar-refractivity contribution in [2.24, 2.45) is 11.7 Å². The summed E-state index contributed by atoms with van der Waals surface area (Å²) in [6.45, 7) is 4.55. The first kappa shape index (κ1) is 12.6. The number of nitrogens with zero attached hydrogens (tertiary/aromatic N) is 4. The minimum Gasteiger partial charge on any atom is -0.339 e. The molecule has 96 valence electrons. The minimum atomic E-state index is 0.380. The van der Waals surface area contributed by atoms with E-state index < -0.39 is 0 Å².